The summed E-state index contributed by atoms with van der Waals surface area (Å²) in [6.07, 6.45) is 0. The molecule has 1 heterocycles. The molecule has 2 nitrogen and oxygen atoms in total. The Morgan fingerprint density at radius 3 is 2.38 bits per heavy atom. The third kappa shape index (κ3) is 2.29. The summed E-state index contributed by atoms with van der Waals surface area (Å²) in [5, 5.41) is -0.429. The normalized spacial score (nSPS) is 12.8. The van der Waals surface area contributed by atoms with E-state index in [0.29, 0.717) is 17.0 Å². The van der Waals surface area contributed by atoms with Crippen molar-refractivity contribution in [2.45, 2.75) is 19.2 Å². The number of hydrogen-bond donors (Lipinski definition) is 0. The molecule has 3 aromatic rings. The average Bonchev–Trinajstić information content (AvgIpc) is 2.84. The number of fused-ring (bicyclic) bond motifs is 1. The maximum absolute atomic E-state index is 14.2. The molecule has 0 radical (unpaired) electrons. The number of aromatic nitrogens is 2. The second-order valence-electron chi connectivity index (χ2n) is 4.99. The van der Waals surface area contributed by atoms with Gasteiger partial charge in [0, 0.05) is 5.69 Å². The Kier molecular flexibility index (Phi) is 3.41. The summed E-state index contributed by atoms with van der Waals surface area (Å²) in [4.78, 5) is 4.34. The molecule has 0 N–H and O–H groups in total. The van der Waals surface area contributed by atoms with Gasteiger partial charge in [0.05, 0.1) is 10.9 Å². The molecule has 3 rings (SSSR count). The van der Waals surface area contributed by atoms with Gasteiger partial charge in [-0.1, -0.05) is 17.7 Å². The van der Waals surface area contributed by atoms with Gasteiger partial charge in [-0.2, -0.15) is 0 Å². The number of nitrogens with zero attached hydrogens (tertiary/aromatic N) is 2. The van der Waals surface area contributed by atoms with Crippen LogP contribution in [0.4, 0.5) is 8.78 Å². The molecule has 108 valence electrons. The first-order valence-electron chi connectivity index (χ1n) is 6.56. The molecule has 0 saturated heterocycles. The SMILES string of the molecule is Cc1ccc(-n2c(C(C)Cl)nc3ccc(F)c(F)c32)cc1. The van der Waals surface area contributed by atoms with Crippen LogP contribution in [-0.2, 0) is 0 Å². The molecule has 0 amide bonds. The van der Waals surface area contributed by atoms with Crippen LogP contribution in [0.5, 0.6) is 0 Å². The van der Waals surface area contributed by atoms with Gasteiger partial charge in [-0.15, -0.1) is 11.6 Å². The number of alkyl halides is 1. The van der Waals surface area contributed by atoms with Crippen molar-refractivity contribution < 1.29 is 8.78 Å². The smallest absolute Gasteiger partial charge is 0.185 e. The summed E-state index contributed by atoms with van der Waals surface area (Å²) in [7, 11) is 0. The van der Waals surface area contributed by atoms with E-state index >= 15 is 0 Å². The highest BCUT2D eigenvalue weighted by atomic mass is 35.5. The highest BCUT2D eigenvalue weighted by molar-refractivity contribution is 6.20. The van der Waals surface area contributed by atoms with E-state index in [-0.39, 0.29) is 5.52 Å². The molecule has 0 fully saturated rings. The highest BCUT2D eigenvalue weighted by Crippen LogP contribution is 2.30. The van der Waals surface area contributed by atoms with Crippen molar-refractivity contribution in [3.8, 4) is 5.69 Å². The second-order valence-corrected chi connectivity index (χ2v) is 5.64. The number of halogens is 3. The van der Waals surface area contributed by atoms with Gasteiger partial charge in [0.25, 0.3) is 0 Å². The van der Waals surface area contributed by atoms with Crippen molar-refractivity contribution in [2.75, 3.05) is 0 Å². The van der Waals surface area contributed by atoms with Gasteiger partial charge < -0.3 is 0 Å². The van der Waals surface area contributed by atoms with Gasteiger partial charge in [0.2, 0.25) is 0 Å². The molecule has 0 aliphatic rings. The Hall–Kier alpha value is -1.94. The van der Waals surface area contributed by atoms with Crippen LogP contribution in [0.3, 0.4) is 0 Å². The van der Waals surface area contributed by atoms with E-state index in [9.17, 15) is 8.78 Å². The Morgan fingerprint density at radius 2 is 1.76 bits per heavy atom. The van der Waals surface area contributed by atoms with Gasteiger partial charge in [-0.25, -0.2) is 13.8 Å². The largest absolute Gasteiger partial charge is 0.292 e. The standard InChI is InChI=1S/C16H13ClF2N2/c1-9-3-5-11(6-4-9)21-15-13(20-16(21)10(2)17)8-7-12(18)14(15)19/h3-8,10H,1-2H3. The lowest BCUT2D eigenvalue weighted by Gasteiger charge is -2.11. The highest BCUT2D eigenvalue weighted by Gasteiger charge is 2.20. The summed E-state index contributed by atoms with van der Waals surface area (Å²) in [5.74, 6) is -1.33. The topological polar surface area (TPSA) is 17.8 Å². The van der Waals surface area contributed by atoms with Gasteiger partial charge >= 0.3 is 0 Å². The maximum atomic E-state index is 14.2. The van der Waals surface area contributed by atoms with Crippen LogP contribution in [0.1, 0.15) is 23.7 Å². The van der Waals surface area contributed by atoms with Gasteiger partial charge in [0.15, 0.2) is 11.6 Å². The maximum Gasteiger partial charge on any atom is 0.185 e. The van der Waals surface area contributed by atoms with E-state index in [4.69, 9.17) is 11.6 Å². The van der Waals surface area contributed by atoms with Crippen molar-refractivity contribution in [3.63, 3.8) is 0 Å². The first-order valence-corrected chi connectivity index (χ1v) is 7.00. The average molecular weight is 307 g/mol. The van der Waals surface area contributed by atoms with E-state index in [2.05, 4.69) is 4.98 Å². The minimum atomic E-state index is -0.913. The number of rotatable bonds is 2. The molecule has 0 aliphatic carbocycles. The Morgan fingerprint density at radius 1 is 1.10 bits per heavy atom. The Balaban J connectivity index is 2.40. The zero-order valence-electron chi connectivity index (χ0n) is 11.6. The summed E-state index contributed by atoms with van der Waals surface area (Å²) in [6, 6.07) is 10.0. The number of imidazole rings is 1. The van der Waals surface area contributed by atoms with E-state index in [1.165, 1.54) is 6.07 Å². The fraction of sp³-hybridized carbons (Fsp3) is 0.188. The van der Waals surface area contributed by atoms with E-state index in [1.807, 2.05) is 31.2 Å². The Labute approximate surface area is 126 Å². The molecular formula is C16H13ClF2N2. The zero-order chi connectivity index (χ0) is 15.1. The minimum absolute atomic E-state index is 0.112. The number of benzene rings is 2. The predicted octanol–water partition coefficient (Wildman–Crippen LogP) is 4.91. The monoisotopic (exact) mass is 306 g/mol. The van der Waals surface area contributed by atoms with Crippen LogP contribution in [0.2, 0.25) is 0 Å². The minimum Gasteiger partial charge on any atom is -0.292 e. The predicted molar refractivity (Wildman–Crippen MR) is 80.0 cm³/mol. The summed E-state index contributed by atoms with van der Waals surface area (Å²) < 4.78 is 29.4. The zero-order valence-corrected chi connectivity index (χ0v) is 12.3. The molecule has 1 unspecified atom stereocenters. The van der Waals surface area contributed by atoms with Crippen molar-refractivity contribution >= 4 is 22.6 Å². The lowest BCUT2D eigenvalue weighted by atomic mass is 10.2. The third-order valence-corrected chi connectivity index (χ3v) is 3.58. The molecule has 0 spiro atoms. The van der Waals surface area contributed by atoms with Gasteiger partial charge in [-0.3, -0.25) is 4.57 Å². The molecule has 21 heavy (non-hydrogen) atoms. The van der Waals surface area contributed by atoms with E-state index in [0.717, 1.165) is 11.6 Å². The molecule has 0 bridgehead atoms. The first-order chi connectivity index (χ1) is 9.99. The van der Waals surface area contributed by atoms with Crippen LogP contribution in [-0.4, -0.2) is 9.55 Å². The van der Waals surface area contributed by atoms with Crippen molar-refractivity contribution in [2.24, 2.45) is 0 Å². The Bertz CT molecular complexity index is 807. The van der Waals surface area contributed by atoms with Gasteiger partial charge in [0.1, 0.15) is 11.3 Å². The molecule has 1 aromatic heterocycles. The summed E-state index contributed by atoms with van der Waals surface area (Å²) >= 11 is 6.15. The van der Waals surface area contributed by atoms with E-state index < -0.39 is 17.0 Å². The first kappa shape index (κ1) is 14.0. The van der Waals surface area contributed by atoms with E-state index in [1.54, 1.807) is 11.5 Å². The second kappa shape index (κ2) is 5.11. The van der Waals surface area contributed by atoms with Crippen LogP contribution >= 0.6 is 11.6 Å². The molecule has 1 atom stereocenters. The molecule has 0 saturated carbocycles. The fourth-order valence-electron chi connectivity index (χ4n) is 2.34. The quantitative estimate of drug-likeness (QED) is 0.615. The molecular weight excluding hydrogens is 294 g/mol. The van der Waals surface area contributed by atoms with Crippen LogP contribution in [0, 0.1) is 18.6 Å². The number of hydrogen-bond acceptors (Lipinski definition) is 1. The van der Waals surface area contributed by atoms with Crippen LogP contribution < -0.4 is 0 Å². The lowest BCUT2D eigenvalue weighted by Crippen LogP contribution is -2.03. The molecule has 2 aromatic carbocycles. The lowest BCUT2D eigenvalue weighted by molar-refractivity contribution is 0.514. The van der Waals surface area contributed by atoms with Crippen molar-refractivity contribution in [1.29, 1.82) is 0 Å². The fourth-order valence-corrected chi connectivity index (χ4v) is 2.49. The number of aryl methyl sites for hydroxylation is 1. The third-order valence-electron chi connectivity index (χ3n) is 3.38. The summed E-state index contributed by atoms with van der Waals surface area (Å²) in [6.45, 7) is 3.71. The van der Waals surface area contributed by atoms with Crippen molar-refractivity contribution in [1.82, 2.24) is 9.55 Å². The van der Waals surface area contributed by atoms with Crippen molar-refractivity contribution in [3.05, 3.63) is 59.4 Å². The summed E-state index contributed by atoms with van der Waals surface area (Å²) in [5.41, 5.74) is 2.28. The van der Waals surface area contributed by atoms with Gasteiger partial charge in [-0.05, 0) is 38.1 Å². The van der Waals surface area contributed by atoms with Crippen LogP contribution in [0.15, 0.2) is 36.4 Å². The molecule has 0 aliphatic heterocycles. The van der Waals surface area contributed by atoms with Crippen LogP contribution in [0.25, 0.3) is 16.7 Å². The molecule has 5 heteroatoms.